The topological polar surface area (TPSA) is 29.0 Å². The number of fused-ring (bicyclic) bond motifs is 1. The van der Waals surface area contributed by atoms with Crippen LogP contribution in [0.15, 0.2) is 11.4 Å². The molecule has 2 aromatic heterocycles. The van der Waals surface area contributed by atoms with Gasteiger partial charge in [0.15, 0.2) is 0 Å². The van der Waals surface area contributed by atoms with Gasteiger partial charge in [0.25, 0.3) is 0 Å². The van der Waals surface area contributed by atoms with Crippen molar-refractivity contribution in [2.24, 2.45) is 0 Å². The van der Waals surface area contributed by atoms with Gasteiger partial charge in [-0.3, -0.25) is 0 Å². The molecule has 0 aliphatic carbocycles. The Balaban J connectivity index is 2.30. The maximum Gasteiger partial charge on any atom is 0.227 e. The molecule has 0 radical (unpaired) electrons. The van der Waals surface area contributed by atoms with E-state index in [4.69, 9.17) is 11.6 Å². The zero-order valence-corrected chi connectivity index (χ0v) is 11.0. The van der Waals surface area contributed by atoms with E-state index in [1.54, 1.807) is 11.3 Å². The second-order valence-corrected chi connectivity index (χ2v) is 4.98. The predicted molar refractivity (Wildman–Crippen MR) is 70.6 cm³/mol. The summed E-state index contributed by atoms with van der Waals surface area (Å²) in [5.41, 5.74) is 0. The molecule has 16 heavy (non-hydrogen) atoms. The lowest BCUT2D eigenvalue weighted by Crippen LogP contribution is -2.20. The van der Waals surface area contributed by atoms with Gasteiger partial charge in [-0.2, -0.15) is 0 Å². The van der Waals surface area contributed by atoms with Gasteiger partial charge in [0, 0.05) is 19.0 Å². The number of hydrogen-bond donors (Lipinski definition) is 0. The van der Waals surface area contributed by atoms with Crippen molar-refractivity contribution >= 4 is 39.1 Å². The van der Waals surface area contributed by atoms with E-state index in [9.17, 15) is 0 Å². The number of aromatic nitrogens is 2. The van der Waals surface area contributed by atoms with E-state index in [-0.39, 0.29) is 0 Å². The molecule has 2 heterocycles. The number of hydrogen-bond acceptors (Lipinski definition) is 4. The standard InChI is InChI=1S/C11H14ClN3S/c1-3-4-6-15(2)11-13-9(12)8-5-7-16-10(8)14-11/h5,7H,3-4,6H2,1-2H3. The lowest BCUT2D eigenvalue weighted by Gasteiger charge is -2.16. The van der Waals surface area contributed by atoms with Crippen molar-refractivity contribution in [1.29, 1.82) is 0 Å². The first kappa shape index (κ1) is 11.6. The van der Waals surface area contributed by atoms with Gasteiger partial charge < -0.3 is 4.90 Å². The van der Waals surface area contributed by atoms with Crippen molar-refractivity contribution in [3.05, 3.63) is 16.6 Å². The van der Waals surface area contributed by atoms with Crippen LogP contribution >= 0.6 is 22.9 Å². The lowest BCUT2D eigenvalue weighted by atomic mass is 10.3. The molecular formula is C11H14ClN3S. The van der Waals surface area contributed by atoms with Crippen LogP contribution in [0.1, 0.15) is 19.8 Å². The van der Waals surface area contributed by atoms with Crippen molar-refractivity contribution in [1.82, 2.24) is 9.97 Å². The van der Waals surface area contributed by atoms with Gasteiger partial charge in [0.1, 0.15) is 9.98 Å². The van der Waals surface area contributed by atoms with Gasteiger partial charge in [-0.05, 0) is 17.9 Å². The Hall–Kier alpha value is -0.870. The number of thiophene rings is 1. The number of halogens is 1. The van der Waals surface area contributed by atoms with Crippen LogP contribution in [0.25, 0.3) is 10.2 Å². The number of rotatable bonds is 4. The molecule has 0 aromatic carbocycles. The fourth-order valence-corrected chi connectivity index (χ4v) is 2.52. The van der Waals surface area contributed by atoms with Crippen molar-refractivity contribution in [3.63, 3.8) is 0 Å². The molecule has 0 atom stereocenters. The highest BCUT2D eigenvalue weighted by Gasteiger charge is 2.09. The minimum absolute atomic E-state index is 0.546. The minimum atomic E-state index is 0.546. The molecular weight excluding hydrogens is 242 g/mol. The second kappa shape index (κ2) is 4.97. The molecule has 0 amide bonds. The molecule has 0 aliphatic rings. The van der Waals surface area contributed by atoms with Gasteiger partial charge in [0.2, 0.25) is 5.95 Å². The molecule has 0 unspecified atom stereocenters. The highest BCUT2D eigenvalue weighted by atomic mass is 35.5. The van der Waals surface area contributed by atoms with E-state index >= 15 is 0 Å². The summed E-state index contributed by atoms with van der Waals surface area (Å²) in [6, 6.07) is 1.96. The van der Waals surface area contributed by atoms with E-state index in [0.717, 1.165) is 23.2 Å². The molecule has 86 valence electrons. The summed E-state index contributed by atoms with van der Waals surface area (Å²) in [5, 5.41) is 3.48. The van der Waals surface area contributed by atoms with Crippen LogP contribution < -0.4 is 4.90 Å². The first-order valence-corrected chi connectivity index (χ1v) is 6.60. The molecule has 0 saturated carbocycles. The third-order valence-corrected chi connectivity index (χ3v) is 3.55. The molecule has 0 saturated heterocycles. The molecule has 2 aromatic rings. The van der Waals surface area contributed by atoms with Crippen molar-refractivity contribution in [2.75, 3.05) is 18.5 Å². The molecule has 2 rings (SSSR count). The van der Waals surface area contributed by atoms with E-state index in [1.807, 2.05) is 18.5 Å². The number of unbranched alkanes of at least 4 members (excludes halogenated alkanes) is 1. The number of anilines is 1. The largest absolute Gasteiger partial charge is 0.344 e. The lowest BCUT2D eigenvalue weighted by molar-refractivity contribution is 0.752. The van der Waals surface area contributed by atoms with Crippen LogP contribution in [0.2, 0.25) is 5.15 Å². The summed E-state index contributed by atoms with van der Waals surface area (Å²) < 4.78 is 0. The average molecular weight is 256 g/mol. The summed E-state index contributed by atoms with van der Waals surface area (Å²) in [4.78, 5) is 11.8. The van der Waals surface area contributed by atoms with Crippen LogP contribution in [0.3, 0.4) is 0 Å². The minimum Gasteiger partial charge on any atom is -0.344 e. The Morgan fingerprint density at radius 2 is 2.25 bits per heavy atom. The summed E-state index contributed by atoms with van der Waals surface area (Å²) in [7, 11) is 2.00. The fraction of sp³-hybridized carbons (Fsp3) is 0.455. The smallest absolute Gasteiger partial charge is 0.227 e. The normalized spacial score (nSPS) is 10.9. The third-order valence-electron chi connectivity index (χ3n) is 2.46. The number of nitrogens with zero attached hydrogens (tertiary/aromatic N) is 3. The van der Waals surface area contributed by atoms with Gasteiger partial charge in [-0.1, -0.05) is 24.9 Å². The Kier molecular flexibility index (Phi) is 3.61. The Labute approximate surface area is 104 Å². The van der Waals surface area contributed by atoms with Crippen molar-refractivity contribution < 1.29 is 0 Å². The van der Waals surface area contributed by atoms with Gasteiger partial charge in [0.05, 0.1) is 0 Å². The van der Waals surface area contributed by atoms with E-state index in [2.05, 4.69) is 21.8 Å². The first-order chi connectivity index (χ1) is 7.72. The highest BCUT2D eigenvalue weighted by molar-refractivity contribution is 7.16. The molecule has 0 bridgehead atoms. The zero-order chi connectivity index (χ0) is 11.5. The second-order valence-electron chi connectivity index (χ2n) is 3.73. The summed E-state index contributed by atoms with van der Waals surface area (Å²) in [6.07, 6.45) is 2.30. The summed E-state index contributed by atoms with van der Waals surface area (Å²) >= 11 is 7.71. The highest BCUT2D eigenvalue weighted by Crippen LogP contribution is 2.26. The predicted octanol–water partition coefficient (Wildman–Crippen LogP) is 3.58. The van der Waals surface area contributed by atoms with Crippen LogP contribution in [0.4, 0.5) is 5.95 Å². The van der Waals surface area contributed by atoms with E-state index in [0.29, 0.717) is 11.1 Å². The molecule has 3 nitrogen and oxygen atoms in total. The maximum absolute atomic E-state index is 6.11. The Morgan fingerprint density at radius 3 is 3.00 bits per heavy atom. The Morgan fingerprint density at radius 1 is 1.44 bits per heavy atom. The SMILES string of the molecule is CCCCN(C)c1nc(Cl)c2ccsc2n1. The van der Waals surface area contributed by atoms with Gasteiger partial charge in [-0.15, -0.1) is 11.3 Å². The molecule has 0 fully saturated rings. The van der Waals surface area contributed by atoms with Gasteiger partial charge in [-0.25, -0.2) is 9.97 Å². The average Bonchev–Trinajstić information content (AvgIpc) is 2.74. The van der Waals surface area contributed by atoms with Crippen LogP contribution in [-0.4, -0.2) is 23.6 Å². The summed E-state index contributed by atoms with van der Waals surface area (Å²) in [5.74, 6) is 0.716. The zero-order valence-electron chi connectivity index (χ0n) is 9.40. The van der Waals surface area contributed by atoms with Crippen LogP contribution in [-0.2, 0) is 0 Å². The van der Waals surface area contributed by atoms with Crippen LogP contribution in [0, 0.1) is 0 Å². The molecule has 0 spiro atoms. The maximum atomic E-state index is 6.11. The van der Waals surface area contributed by atoms with Crippen LogP contribution in [0.5, 0.6) is 0 Å². The summed E-state index contributed by atoms with van der Waals surface area (Å²) in [6.45, 7) is 3.13. The molecule has 5 heteroatoms. The quantitative estimate of drug-likeness (QED) is 0.782. The van der Waals surface area contributed by atoms with E-state index in [1.165, 1.54) is 6.42 Å². The Bertz CT molecular complexity index is 483. The molecule has 0 aliphatic heterocycles. The van der Waals surface area contributed by atoms with Gasteiger partial charge >= 0.3 is 0 Å². The fourth-order valence-electron chi connectivity index (χ4n) is 1.47. The van der Waals surface area contributed by atoms with E-state index < -0.39 is 0 Å². The molecule has 0 N–H and O–H groups in total. The monoisotopic (exact) mass is 255 g/mol. The van der Waals surface area contributed by atoms with Crippen molar-refractivity contribution in [2.45, 2.75) is 19.8 Å². The van der Waals surface area contributed by atoms with Crippen molar-refractivity contribution in [3.8, 4) is 0 Å². The first-order valence-electron chi connectivity index (χ1n) is 5.34. The third kappa shape index (κ3) is 2.28.